The van der Waals surface area contributed by atoms with Gasteiger partial charge < -0.3 is 19.9 Å². The fraction of sp³-hybridized carbons (Fsp3) is 0.875. The molecule has 2 aliphatic rings. The Morgan fingerprint density at radius 3 is 2.50 bits per heavy atom. The molecule has 2 heterocycles. The van der Waals surface area contributed by atoms with Crippen molar-refractivity contribution in [2.24, 2.45) is 11.3 Å². The van der Waals surface area contributed by atoms with Gasteiger partial charge >= 0.3 is 0 Å². The number of likely N-dealkylation sites (tertiary alicyclic amines) is 2. The Balaban J connectivity index is 1.71. The number of carbonyl (C=O) groups is 2. The summed E-state index contributed by atoms with van der Waals surface area (Å²) >= 11 is 0. The monoisotopic (exact) mass is 311 g/mol. The van der Waals surface area contributed by atoms with E-state index in [0.717, 1.165) is 52.0 Å². The molecule has 1 N–H and O–H groups in total. The van der Waals surface area contributed by atoms with E-state index in [-0.39, 0.29) is 23.8 Å². The third-order valence-electron chi connectivity index (χ3n) is 5.00. The SMILES string of the molecule is COCC(=O)N1CCC(CNC(=O)C2(C)CCN(C)C2)CC1. The molecule has 2 rings (SSSR count). The van der Waals surface area contributed by atoms with Crippen LogP contribution in [-0.2, 0) is 14.3 Å². The molecule has 0 aromatic heterocycles. The maximum Gasteiger partial charge on any atom is 0.248 e. The van der Waals surface area contributed by atoms with Crippen molar-refractivity contribution in [3.63, 3.8) is 0 Å². The maximum absolute atomic E-state index is 12.4. The quantitative estimate of drug-likeness (QED) is 0.795. The van der Waals surface area contributed by atoms with Gasteiger partial charge in [-0.2, -0.15) is 0 Å². The number of nitrogens with one attached hydrogen (secondary N) is 1. The van der Waals surface area contributed by atoms with Crippen LogP contribution in [0.2, 0.25) is 0 Å². The number of hydrogen-bond acceptors (Lipinski definition) is 4. The van der Waals surface area contributed by atoms with E-state index >= 15 is 0 Å². The number of piperidine rings is 1. The van der Waals surface area contributed by atoms with Crippen molar-refractivity contribution >= 4 is 11.8 Å². The van der Waals surface area contributed by atoms with Crippen LogP contribution in [0.25, 0.3) is 0 Å². The summed E-state index contributed by atoms with van der Waals surface area (Å²) < 4.78 is 4.89. The Bertz CT molecular complexity index is 407. The third kappa shape index (κ3) is 4.20. The number of methoxy groups -OCH3 is 1. The van der Waals surface area contributed by atoms with E-state index in [2.05, 4.69) is 24.2 Å². The van der Waals surface area contributed by atoms with Gasteiger partial charge in [0.2, 0.25) is 11.8 Å². The predicted molar refractivity (Wildman–Crippen MR) is 84.4 cm³/mol. The van der Waals surface area contributed by atoms with E-state index in [9.17, 15) is 9.59 Å². The van der Waals surface area contributed by atoms with Crippen LogP contribution >= 0.6 is 0 Å². The first kappa shape index (κ1) is 17.2. The van der Waals surface area contributed by atoms with Crippen LogP contribution in [0.15, 0.2) is 0 Å². The Morgan fingerprint density at radius 2 is 1.95 bits per heavy atom. The van der Waals surface area contributed by atoms with Gasteiger partial charge in [0.15, 0.2) is 0 Å². The minimum absolute atomic E-state index is 0.0616. The zero-order chi connectivity index (χ0) is 16.2. The molecule has 0 spiro atoms. The fourth-order valence-electron chi connectivity index (χ4n) is 3.43. The zero-order valence-electron chi connectivity index (χ0n) is 14.1. The predicted octanol–water partition coefficient (Wildman–Crippen LogP) is 0.329. The van der Waals surface area contributed by atoms with E-state index < -0.39 is 0 Å². The number of nitrogens with zero attached hydrogens (tertiary/aromatic N) is 2. The van der Waals surface area contributed by atoms with Crippen molar-refractivity contribution in [1.29, 1.82) is 0 Å². The van der Waals surface area contributed by atoms with Crippen LogP contribution in [0.3, 0.4) is 0 Å². The van der Waals surface area contributed by atoms with Crippen molar-refractivity contribution in [3.8, 4) is 0 Å². The average Bonchev–Trinajstić information content (AvgIpc) is 2.86. The molecule has 2 saturated heterocycles. The van der Waals surface area contributed by atoms with Crippen LogP contribution in [0.4, 0.5) is 0 Å². The summed E-state index contributed by atoms with van der Waals surface area (Å²) in [6, 6.07) is 0. The van der Waals surface area contributed by atoms with Crippen LogP contribution in [0.1, 0.15) is 26.2 Å². The molecule has 2 aliphatic heterocycles. The highest BCUT2D eigenvalue weighted by molar-refractivity contribution is 5.82. The number of rotatable bonds is 5. The fourth-order valence-corrected chi connectivity index (χ4v) is 3.43. The minimum Gasteiger partial charge on any atom is -0.375 e. The summed E-state index contributed by atoms with van der Waals surface area (Å²) in [7, 11) is 3.60. The van der Waals surface area contributed by atoms with E-state index in [0.29, 0.717) is 5.92 Å². The van der Waals surface area contributed by atoms with Crippen molar-refractivity contribution < 1.29 is 14.3 Å². The smallest absolute Gasteiger partial charge is 0.248 e. The van der Waals surface area contributed by atoms with Crippen LogP contribution in [0.5, 0.6) is 0 Å². The molecule has 22 heavy (non-hydrogen) atoms. The van der Waals surface area contributed by atoms with E-state index in [4.69, 9.17) is 4.74 Å². The van der Waals surface area contributed by atoms with Crippen LogP contribution < -0.4 is 5.32 Å². The topological polar surface area (TPSA) is 61.9 Å². The van der Waals surface area contributed by atoms with Gasteiger partial charge in [-0.1, -0.05) is 0 Å². The summed E-state index contributed by atoms with van der Waals surface area (Å²) in [5.41, 5.74) is -0.246. The van der Waals surface area contributed by atoms with E-state index in [1.165, 1.54) is 0 Å². The second-order valence-corrected chi connectivity index (χ2v) is 7.02. The lowest BCUT2D eigenvalue weighted by atomic mass is 9.88. The zero-order valence-corrected chi connectivity index (χ0v) is 14.1. The molecular formula is C16H29N3O3. The number of carbonyl (C=O) groups excluding carboxylic acids is 2. The van der Waals surface area contributed by atoms with Crippen LogP contribution in [-0.4, -0.2) is 75.1 Å². The molecule has 0 aromatic carbocycles. The molecule has 0 aromatic rings. The van der Waals surface area contributed by atoms with Gasteiger partial charge in [0.25, 0.3) is 0 Å². The molecule has 1 atom stereocenters. The lowest BCUT2D eigenvalue weighted by Crippen LogP contribution is -2.45. The van der Waals surface area contributed by atoms with Gasteiger partial charge in [-0.05, 0) is 45.7 Å². The highest BCUT2D eigenvalue weighted by atomic mass is 16.5. The number of ether oxygens (including phenoxy) is 1. The van der Waals surface area contributed by atoms with E-state index in [1.807, 2.05) is 4.90 Å². The van der Waals surface area contributed by atoms with Crippen molar-refractivity contribution in [3.05, 3.63) is 0 Å². The largest absolute Gasteiger partial charge is 0.375 e. The van der Waals surface area contributed by atoms with Gasteiger partial charge in [-0.25, -0.2) is 0 Å². The van der Waals surface area contributed by atoms with Crippen LogP contribution in [0, 0.1) is 11.3 Å². The molecule has 126 valence electrons. The summed E-state index contributed by atoms with van der Waals surface area (Å²) in [4.78, 5) is 28.2. The Morgan fingerprint density at radius 1 is 1.27 bits per heavy atom. The lowest BCUT2D eigenvalue weighted by Gasteiger charge is -2.32. The first-order valence-corrected chi connectivity index (χ1v) is 8.18. The average molecular weight is 311 g/mol. The molecule has 2 amide bonds. The van der Waals surface area contributed by atoms with Gasteiger partial charge in [-0.3, -0.25) is 9.59 Å². The molecular weight excluding hydrogens is 282 g/mol. The molecule has 0 bridgehead atoms. The van der Waals surface area contributed by atoms with E-state index in [1.54, 1.807) is 7.11 Å². The van der Waals surface area contributed by atoms with Gasteiger partial charge in [0.05, 0.1) is 5.41 Å². The number of amides is 2. The van der Waals surface area contributed by atoms with Gasteiger partial charge in [0.1, 0.15) is 6.61 Å². The molecule has 0 radical (unpaired) electrons. The normalized spacial score (nSPS) is 27.1. The second-order valence-electron chi connectivity index (χ2n) is 7.02. The summed E-state index contributed by atoms with van der Waals surface area (Å²) in [5, 5.41) is 3.13. The van der Waals surface area contributed by atoms with Crippen molar-refractivity contribution in [2.75, 3.05) is 53.5 Å². The van der Waals surface area contributed by atoms with Crippen molar-refractivity contribution in [1.82, 2.24) is 15.1 Å². The third-order valence-corrected chi connectivity index (χ3v) is 5.00. The standard InChI is InChI=1S/C16H29N3O3/c1-16(6-9-18(2)12-16)15(21)17-10-13-4-7-19(8-5-13)14(20)11-22-3/h13H,4-12H2,1-3H3,(H,17,21). The highest BCUT2D eigenvalue weighted by Gasteiger charge is 2.39. The minimum atomic E-state index is -0.246. The molecule has 0 saturated carbocycles. The summed E-state index contributed by atoms with van der Waals surface area (Å²) in [6.45, 7) is 6.30. The lowest BCUT2D eigenvalue weighted by molar-refractivity contribution is -0.137. The van der Waals surface area contributed by atoms with Gasteiger partial charge in [0, 0.05) is 33.3 Å². The first-order chi connectivity index (χ1) is 10.4. The Kier molecular flexibility index (Phi) is 5.81. The Labute approximate surface area is 133 Å². The second kappa shape index (κ2) is 7.42. The molecule has 1 unspecified atom stereocenters. The number of hydrogen-bond donors (Lipinski definition) is 1. The molecule has 0 aliphatic carbocycles. The summed E-state index contributed by atoms with van der Waals surface area (Å²) in [6.07, 6.45) is 2.83. The van der Waals surface area contributed by atoms with Crippen molar-refractivity contribution in [2.45, 2.75) is 26.2 Å². The maximum atomic E-state index is 12.4. The first-order valence-electron chi connectivity index (χ1n) is 8.18. The summed E-state index contributed by atoms with van der Waals surface area (Å²) in [5.74, 6) is 0.708. The highest BCUT2D eigenvalue weighted by Crippen LogP contribution is 2.29. The molecule has 6 nitrogen and oxygen atoms in total. The van der Waals surface area contributed by atoms with Gasteiger partial charge in [-0.15, -0.1) is 0 Å². The Hall–Kier alpha value is -1.14. The molecule has 2 fully saturated rings. The molecule has 6 heteroatoms.